The van der Waals surface area contributed by atoms with Gasteiger partial charge in [0, 0.05) is 30.1 Å². The normalized spacial score (nSPS) is 11.1. The molecule has 0 aliphatic carbocycles. The quantitative estimate of drug-likeness (QED) is 0.303. The molecule has 4 nitrogen and oxygen atoms in total. The monoisotopic (exact) mass is 372 g/mol. The zero-order chi connectivity index (χ0) is 19.3. The summed E-state index contributed by atoms with van der Waals surface area (Å²) in [5, 5.41) is 8.67. The van der Waals surface area contributed by atoms with Crippen LogP contribution in [0.2, 0.25) is 0 Å². The van der Waals surface area contributed by atoms with Gasteiger partial charge in [-0.3, -0.25) is 4.98 Å². The lowest BCUT2D eigenvalue weighted by Gasteiger charge is -2.09. The van der Waals surface area contributed by atoms with Crippen molar-refractivity contribution in [2.75, 3.05) is 0 Å². The maximum Gasteiger partial charge on any atom is 0.216 e. The summed E-state index contributed by atoms with van der Waals surface area (Å²) in [7, 11) is 0. The second kappa shape index (κ2) is 7.84. The molecule has 4 rings (SSSR count). The summed E-state index contributed by atoms with van der Waals surface area (Å²) in [6, 6.07) is 20.8. The van der Waals surface area contributed by atoms with Crippen molar-refractivity contribution in [1.82, 2.24) is 9.97 Å². The number of benzene rings is 2. The van der Waals surface area contributed by atoms with Crippen LogP contribution in [-0.2, 0) is 0 Å². The summed E-state index contributed by atoms with van der Waals surface area (Å²) in [4.78, 5) is 7.18. The molecule has 0 fully saturated rings. The van der Waals surface area contributed by atoms with E-state index in [1.165, 1.54) is 12.1 Å². The third-order valence-corrected chi connectivity index (χ3v) is 4.11. The molecule has 0 N–H and O–H groups in total. The zero-order valence-corrected chi connectivity index (χ0v) is 14.6. The van der Waals surface area contributed by atoms with Crippen molar-refractivity contribution in [3.8, 4) is 22.3 Å². The van der Waals surface area contributed by atoms with Gasteiger partial charge in [0.15, 0.2) is 0 Å². The summed E-state index contributed by atoms with van der Waals surface area (Å²) >= 11 is 0. The number of nitrogens with zero attached hydrogens (tertiary/aromatic N) is 4. The largest absolute Gasteiger partial charge is 0.265 e. The molecule has 2 heterocycles. The van der Waals surface area contributed by atoms with Crippen LogP contribution in [0, 0.1) is 11.9 Å². The molecule has 0 amide bonds. The maximum absolute atomic E-state index is 13.5. The molecule has 0 bridgehead atoms. The summed E-state index contributed by atoms with van der Waals surface area (Å²) in [5.74, 6) is -1.75. The van der Waals surface area contributed by atoms with Crippen LogP contribution in [0.25, 0.3) is 22.3 Å². The third kappa shape index (κ3) is 3.96. The molecule has 0 unspecified atom stereocenters. The van der Waals surface area contributed by atoms with Gasteiger partial charge < -0.3 is 0 Å². The van der Waals surface area contributed by atoms with Crippen LogP contribution in [0.4, 0.5) is 20.2 Å². The van der Waals surface area contributed by atoms with Crippen molar-refractivity contribution in [1.29, 1.82) is 0 Å². The molecule has 0 saturated heterocycles. The second-order valence-corrected chi connectivity index (χ2v) is 6.00. The van der Waals surface area contributed by atoms with Crippen LogP contribution >= 0.6 is 0 Å². The van der Waals surface area contributed by atoms with Gasteiger partial charge in [0.2, 0.25) is 11.9 Å². The van der Waals surface area contributed by atoms with E-state index >= 15 is 0 Å². The highest BCUT2D eigenvalue weighted by Gasteiger charge is 2.10. The molecule has 0 aliphatic heterocycles. The molecule has 28 heavy (non-hydrogen) atoms. The molecule has 2 aromatic carbocycles. The summed E-state index contributed by atoms with van der Waals surface area (Å²) in [5.41, 5.74) is 4.01. The Labute approximate surface area is 160 Å². The highest BCUT2D eigenvalue weighted by Crippen LogP contribution is 2.35. The first-order valence-corrected chi connectivity index (χ1v) is 8.54. The molecule has 0 spiro atoms. The minimum atomic E-state index is -0.874. The van der Waals surface area contributed by atoms with Gasteiger partial charge in [0.25, 0.3) is 0 Å². The van der Waals surface area contributed by atoms with Crippen LogP contribution in [-0.4, -0.2) is 9.97 Å². The average molecular weight is 372 g/mol. The van der Waals surface area contributed by atoms with Gasteiger partial charge in [-0.2, -0.15) is 18.9 Å². The zero-order valence-electron chi connectivity index (χ0n) is 14.6. The number of hydrogen-bond donors (Lipinski definition) is 0. The van der Waals surface area contributed by atoms with Crippen molar-refractivity contribution in [3.63, 3.8) is 0 Å². The molecule has 2 aromatic heterocycles. The van der Waals surface area contributed by atoms with Crippen LogP contribution in [0.3, 0.4) is 0 Å². The fraction of sp³-hybridized carbons (Fsp3) is 0. The van der Waals surface area contributed by atoms with Crippen LogP contribution < -0.4 is 0 Å². The minimum absolute atomic E-state index is 0.377. The highest BCUT2D eigenvalue weighted by molar-refractivity contribution is 5.80. The maximum atomic E-state index is 13.5. The molecule has 136 valence electrons. The Kier molecular flexibility index (Phi) is 4.93. The topological polar surface area (TPSA) is 50.5 Å². The van der Waals surface area contributed by atoms with Gasteiger partial charge in [0.1, 0.15) is 0 Å². The number of halogens is 2. The average Bonchev–Trinajstić information content (AvgIpc) is 2.73. The van der Waals surface area contributed by atoms with Gasteiger partial charge in [-0.15, -0.1) is 5.11 Å². The second-order valence-electron chi connectivity index (χ2n) is 6.00. The molecule has 6 heteroatoms. The van der Waals surface area contributed by atoms with E-state index in [0.717, 1.165) is 11.1 Å². The van der Waals surface area contributed by atoms with Gasteiger partial charge >= 0.3 is 0 Å². The predicted octanol–water partition coefficient (Wildman–Crippen LogP) is 6.50. The molecular formula is C22H14F2N4. The smallest absolute Gasteiger partial charge is 0.216 e. The Hall–Kier alpha value is -3.80. The lowest BCUT2D eigenvalue weighted by molar-refractivity contribution is 0.513. The van der Waals surface area contributed by atoms with Gasteiger partial charge in [0.05, 0.1) is 11.4 Å². The fourth-order valence-corrected chi connectivity index (χ4v) is 2.81. The third-order valence-electron chi connectivity index (χ3n) is 4.11. The van der Waals surface area contributed by atoms with Crippen molar-refractivity contribution >= 4 is 11.4 Å². The van der Waals surface area contributed by atoms with E-state index in [4.69, 9.17) is 0 Å². The summed E-state index contributed by atoms with van der Waals surface area (Å²) in [6.07, 6.45) is 3.38. The van der Waals surface area contributed by atoms with Crippen LogP contribution in [0.5, 0.6) is 0 Å². The molecule has 0 radical (unpaired) electrons. The minimum Gasteiger partial charge on any atom is -0.265 e. The Bertz CT molecular complexity index is 1110. The summed E-state index contributed by atoms with van der Waals surface area (Å²) < 4.78 is 27.1. The molecule has 0 atom stereocenters. The lowest BCUT2D eigenvalue weighted by atomic mass is 9.99. The fourth-order valence-electron chi connectivity index (χ4n) is 2.81. The number of aromatic nitrogens is 2. The van der Waals surface area contributed by atoms with E-state index in [1.54, 1.807) is 24.5 Å². The van der Waals surface area contributed by atoms with E-state index in [-0.39, 0.29) is 0 Å². The van der Waals surface area contributed by atoms with Crippen LogP contribution in [0.1, 0.15) is 0 Å². The Morgan fingerprint density at radius 3 is 2.07 bits per heavy atom. The molecule has 0 aliphatic rings. The van der Waals surface area contributed by atoms with E-state index in [1.807, 2.05) is 48.5 Å². The number of azo groups is 1. The lowest BCUT2D eigenvalue weighted by Crippen LogP contribution is -1.90. The first kappa shape index (κ1) is 17.6. The van der Waals surface area contributed by atoms with Gasteiger partial charge in [-0.25, -0.2) is 0 Å². The first-order valence-electron chi connectivity index (χ1n) is 8.54. The van der Waals surface area contributed by atoms with Crippen molar-refractivity contribution < 1.29 is 8.78 Å². The molecule has 0 saturated carbocycles. The SMILES string of the molecule is Fc1cc(-c2ccc(-c3ccncc3)c(N=Nc3ccccc3)c2)cc(F)n1. The van der Waals surface area contributed by atoms with E-state index in [9.17, 15) is 8.78 Å². The molecular weight excluding hydrogens is 358 g/mol. The first-order chi connectivity index (χ1) is 13.7. The predicted molar refractivity (Wildman–Crippen MR) is 103 cm³/mol. The Balaban J connectivity index is 1.82. The van der Waals surface area contributed by atoms with E-state index < -0.39 is 11.9 Å². The Morgan fingerprint density at radius 2 is 1.36 bits per heavy atom. The van der Waals surface area contributed by atoms with Crippen molar-refractivity contribution in [2.45, 2.75) is 0 Å². The van der Waals surface area contributed by atoms with Gasteiger partial charge in [-0.1, -0.05) is 30.3 Å². The number of pyridine rings is 2. The van der Waals surface area contributed by atoms with E-state index in [0.29, 0.717) is 22.5 Å². The Morgan fingerprint density at radius 1 is 0.643 bits per heavy atom. The molecule has 4 aromatic rings. The summed E-state index contributed by atoms with van der Waals surface area (Å²) in [6.45, 7) is 0. The van der Waals surface area contributed by atoms with Crippen molar-refractivity contribution in [3.05, 3.63) is 97.1 Å². The number of hydrogen-bond acceptors (Lipinski definition) is 4. The number of rotatable bonds is 4. The van der Waals surface area contributed by atoms with E-state index in [2.05, 4.69) is 20.2 Å². The van der Waals surface area contributed by atoms with Gasteiger partial charge in [-0.05, 0) is 47.0 Å². The van der Waals surface area contributed by atoms with Crippen LogP contribution in [0.15, 0.2) is 95.4 Å². The standard InChI is InChI=1S/C22H14F2N4/c23-21-13-17(14-22(24)26-21)16-6-7-19(15-8-10-25-11-9-15)20(12-16)28-27-18-4-2-1-3-5-18/h1-14H. The van der Waals surface area contributed by atoms with Crippen molar-refractivity contribution in [2.24, 2.45) is 10.2 Å². The highest BCUT2D eigenvalue weighted by atomic mass is 19.1.